The third-order valence-electron chi connectivity index (χ3n) is 6.64. The van der Waals surface area contributed by atoms with Crippen LogP contribution in [0.2, 0.25) is 0 Å². The Kier molecular flexibility index (Phi) is 10.5. The molecule has 1 saturated heterocycles. The van der Waals surface area contributed by atoms with Crippen molar-refractivity contribution in [3.63, 3.8) is 0 Å². The summed E-state index contributed by atoms with van der Waals surface area (Å²) in [4.78, 5) is 50.1. The minimum atomic E-state index is -0.788. The summed E-state index contributed by atoms with van der Waals surface area (Å²) in [6.45, 7) is 3.53. The monoisotopic (exact) mass is 524 g/mol. The molecule has 204 valence electrons. The largest absolute Gasteiger partial charge is 0.495 e. The van der Waals surface area contributed by atoms with Gasteiger partial charge in [0.2, 0.25) is 5.91 Å². The number of likely N-dealkylation sites (tertiary alicyclic amines) is 1. The van der Waals surface area contributed by atoms with Crippen molar-refractivity contribution < 1.29 is 29.0 Å². The van der Waals surface area contributed by atoms with E-state index in [9.17, 15) is 19.2 Å². The number of ether oxygens (including phenoxy) is 1. The standard InChI is InChI=1S/C28H36N4O6/c1-19-7-3-4-8-22(19)30-28(37)31-23-11-10-21(18-24(23)38-2)27(36)29-14-6-5-9-25(33)32-15-12-20(13-16-32)17-26(34)35/h3-4,7-8,10-11,18,20H,5-6,9,12-17H2,1-2H3,(H,29,36)(H,34,35)(H2,30,31,37). The molecule has 4 N–H and O–H groups in total. The molecule has 0 aliphatic carbocycles. The minimum absolute atomic E-state index is 0.0735. The number of aryl methyl sites for hydroxylation is 1. The molecule has 0 bridgehead atoms. The zero-order chi connectivity index (χ0) is 27.5. The average Bonchev–Trinajstić information content (AvgIpc) is 2.89. The van der Waals surface area contributed by atoms with E-state index >= 15 is 0 Å². The number of piperidine rings is 1. The van der Waals surface area contributed by atoms with Crippen LogP contribution in [0.4, 0.5) is 16.2 Å². The summed E-state index contributed by atoms with van der Waals surface area (Å²) in [5.74, 6) is -0.485. The van der Waals surface area contributed by atoms with Gasteiger partial charge in [0.15, 0.2) is 0 Å². The number of para-hydroxylation sites is 1. The number of hydrogen-bond donors (Lipinski definition) is 4. The summed E-state index contributed by atoms with van der Waals surface area (Å²) in [6.07, 6.45) is 3.32. The highest BCUT2D eigenvalue weighted by molar-refractivity contribution is 6.02. The second-order valence-corrected chi connectivity index (χ2v) is 9.44. The topological polar surface area (TPSA) is 137 Å². The lowest BCUT2D eigenvalue weighted by Gasteiger charge is -2.31. The smallest absolute Gasteiger partial charge is 0.323 e. The summed E-state index contributed by atoms with van der Waals surface area (Å²) < 4.78 is 5.37. The van der Waals surface area contributed by atoms with Gasteiger partial charge in [-0.2, -0.15) is 0 Å². The van der Waals surface area contributed by atoms with Crippen LogP contribution in [-0.2, 0) is 9.59 Å². The van der Waals surface area contributed by atoms with E-state index in [2.05, 4.69) is 16.0 Å². The van der Waals surface area contributed by atoms with Gasteiger partial charge in [-0.25, -0.2) is 4.79 Å². The van der Waals surface area contributed by atoms with Gasteiger partial charge >= 0.3 is 12.0 Å². The van der Waals surface area contributed by atoms with Gasteiger partial charge in [0.1, 0.15) is 5.75 Å². The molecule has 10 nitrogen and oxygen atoms in total. The molecular formula is C28H36N4O6. The van der Waals surface area contributed by atoms with Gasteiger partial charge in [-0.05, 0) is 68.4 Å². The SMILES string of the molecule is COc1cc(C(=O)NCCCCC(=O)N2CCC(CC(=O)O)CC2)ccc1NC(=O)Nc1ccccc1C. The summed E-state index contributed by atoms with van der Waals surface area (Å²) in [5, 5.41) is 17.3. The van der Waals surface area contributed by atoms with Gasteiger partial charge in [0, 0.05) is 43.7 Å². The van der Waals surface area contributed by atoms with E-state index < -0.39 is 12.0 Å². The number of amides is 4. The third kappa shape index (κ3) is 8.50. The number of hydrogen-bond acceptors (Lipinski definition) is 5. The molecule has 10 heteroatoms. The molecule has 1 heterocycles. The molecule has 0 saturated carbocycles. The first-order valence-electron chi connectivity index (χ1n) is 12.9. The molecule has 2 aromatic carbocycles. The predicted octanol–water partition coefficient (Wildman–Crippen LogP) is 4.26. The maximum absolute atomic E-state index is 12.6. The molecule has 38 heavy (non-hydrogen) atoms. The molecule has 0 spiro atoms. The molecule has 0 radical (unpaired) electrons. The molecule has 0 atom stereocenters. The summed E-state index contributed by atoms with van der Waals surface area (Å²) in [6, 6.07) is 11.8. The number of anilines is 2. The number of nitrogens with one attached hydrogen (secondary N) is 3. The van der Waals surface area contributed by atoms with Crippen molar-refractivity contribution in [3.05, 3.63) is 53.6 Å². The zero-order valence-corrected chi connectivity index (χ0v) is 21.9. The lowest BCUT2D eigenvalue weighted by Crippen LogP contribution is -2.38. The quantitative estimate of drug-likeness (QED) is 0.324. The summed E-state index contributed by atoms with van der Waals surface area (Å²) in [7, 11) is 1.47. The molecule has 1 aliphatic heterocycles. The fourth-order valence-corrected chi connectivity index (χ4v) is 4.42. The molecule has 0 unspecified atom stereocenters. The second kappa shape index (κ2) is 14.0. The molecule has 3 rings (SSSR count). The van der Waals surface area contributed by atoms with E-state index in [4.69, 9.17) is 9.84 Å². The van der Waals surface area contributed by atoms with E-state index in [0.29, 0.717) is 61.6 Å². The van der Waals surface area contributed by atoms with Crippen LogP contribution in [0, 0.1) is 12.8 Å². The average molecular weight is 525 g/mol. The number of methoxy groups -OCH3 is 1. The number of carboxylic acids is 1. The van der Waals surface area contributed by atoms with Crippen molar-refractivity contribution in [1.29, 1.82) is 0 Å². The first-order valence-corrected chi connectivity index (χ1v) is 12.9. The van der Waals surface area contributed by atoms with Crippen LogP contribution in [-0.4, -0.2) is 60.6 Å². The lowest BCUT2D eigenvalue weighted by molar-refractivity contribution is -0.138. The molecule has 1 aliphatic rings. The highest BCUT2D eigenvalue weighted by atomic mass is 16.5. The molecule has 0 aromatic heterocycles. The van der Waals surface area contributed by atoms with Crippen molar-refractivity contribution in [1.82, 2.24) is 10.2 Å². The number of unbranched alkanes of at least 4 members (excludes halogenated alkanes) is 1. The number of aliphatic carboxylic acids is 1. The highest BCUT2D eigenvalue weighted by Crippen LogP contribution is 2.26. The maximum atomic E-state index is 12.6. The van der Waals surface area contributed by atoms with Gasteiger partial charge in [-0.15, -0.1) is 0 Å². The highest BCUT2D eigenvalue weighted by Gasteiger charge is 2.24. The Bertz CT molecular complexity index is 1140. The van der Waals surface area contributed by atoms with Crippen LogP contribution in [0.1, 0.15) is 54.4 Å². The van der Waals surface area contributed by atoms with Crippen LogP contribution < -0.4 is 20.7 Å². The van der Waals surface area contributed by atoms with Crippen molar-refractivity contribution in [2.75, 3.05) is 37.4 Å². The molecule has 4 amide bonds. The van der Waals surface area contributed by atoms with Crippen LogP contribution in [0.5, 0.6) is 5.75 Å². The maximum Gasteiger partial charge on any atom is 0.323 e. The first-order chi connectivity index (χ1) is 18.3. The van der Waals surface area contributed by atoms with Crippen molar-refractivity contribution in [2.45, 2.75) is 45.4 Å². The number of carbonyl (C=O) groups excluding carboxylic acids is 3. The normalized spacial score (nSPS) is 13.5. The number of urea groups is 1. The Morgan fingerprint density at radius 1 is 1.00 bits per heavy atom. The van der Waals surface area contributed by atoms with Crippen molar-refractivity contribution in [2.24, 2.45) is 5.92 Å². The number of carboxylic acid groups (broad SMARTS) is 1. The van der Waals surface area contributed by atoms with Gasteiger partial charge in [-0.1, -0.05) is 18.2 Å². The van der Waals surface area contributed by atoms with E-state index in [1.807, 2.05) is 31.2 Å². The van der Waals surface area contributed by atoms with Gasteiger partial charge in [0.25, 0.3) is 5.91 Å². The molecule has 1 fully saturated rings. The van der Waals surface area contributed by atoms with Crippen LogP contribution in [0.3, 0.4) is 0 Å². The number of carbonyl (C=O) groups is 4. The number of rotatable bonds is 11. The number of nitrogens with zero attached hydrogens (tertiary/aromatic N) is 1. The van der Waals surface area contributed by atoms with Gasteiger partial charge in [-0.3, -0.25) is 14.4 Å². The van der Waals surface area contributed by atoms with Crippen LogP contribution in [0.25, 0.3) is 0 Å². The van der Waals surface area contributed by atoms with Crippen LogP contribution >= 0.6 is 0 Å². The first kappa shape index (κ1) is 28.5. The lowest BCUT2D eigenvalue weighted by atomic mass is 9.93. The Balaban J connectivity index is 1.40. The fraction of sp³-hybridized carbons (Fsp3) is 0.429. The Morgan fingerprint density at radius 3 is 2.39 bits per heavy atom. The van der Waals surface area contributed by atoms with Crippen molar-refractivity contribution in [3.8, 4) is 5.75 Å². The Labute approximate surface area is 222 Å². The zero-order valence-electron chi connectivity index (χ0n) is 21.9. The van der Waals surface area contributed by atoms with Crippen molar-refractivity contribution >= 4 is 35.2 Å². The predicted molar refractivity (Wildman–Crippen MR) is 145 cm³/mol. The van der Waals surface area contributed by atoms with E-state index in [0.717, 1.165) is 18.4 Å². The van der Waals surface area contributed by atoms with E-state index in [-0.39, 0.29) is 24.2 Å². The Morgan fingerprint density at radius 2 is 1.71 bits per heavy atom. The van der Waals surface area contributed by atoms with E-state index in [1.54, 1.807) is 23.1 Å². The molecule has 2 aromatic rings. The van der Waals surface area contributed by atoms with Crippen LogP contribution in [0.15, 0.2) is 42.5 Å². The van der Waals surface area contributed by atoms with E-state index in [1.165, 1.54) is 7.11 Å². The summed E-state index contributed by atoms with van der Waals surface area (Å²) in [5.41, 5.74) is 2.46. The van der Waals surface area contributed by atoms with Gasteiger partial charge < -0.3 is 30.7 Å². The molecular weight excluding hydrogens is 488 g/mol. The third-order valence-corrected chi connectivity index (χ3v) is 6.64. The fourth-order valence-electron chi connectivity index (χ4n) is 4.42. The second-order valence-electron chi connectivity index (χ2n) is 9.44. The summed E-state index contributed by atoms with van der Waals surface area (Å²) >= 11 is 0. The number of benzene rings is 2. The van der Waals surface area contributed by atoms with Gasteiger partial charge in [0.05, 0.1) is 12.8 Å². The Hall–Kier alpha value is -4.08. The minimum Gasteiger partial charge on any atom is -0.495 e.